The van der Waals surface area contributed by atoms with Crippen molar-refractivity contribution in [3.8, 4) is 0 Å². The highest BCUT2D eigenvalue weighted by atomic mass is 32.2. The Balaban J connectivity index is 3.59. The van der Waals surface area contributed by atoms with Crippen LogP contribution in [0.3, 0.4) is 0 Å². The molecule has 23 heavy (non-hydrogen) atoms. The second kappa shape index (κ2) is 10.8. The molecule has 0 aromatic rings. The summed E-state index contributed by atoms with van der Waals surface area (Å²) in [4.78, 5) is 11.2. The Hall–Kier alpha value is -0.920. The van der Waals surface area contributed by atoms with E-state index in [4.69, 9.17) is 9.29 Å². The van der Waals surface area contributed by atoms with Crippen molar-refractivity contribution in [2.45, 2.75) is 45.4 Å². The van der Waals surface area contributed by atoms with Crippen molar-refractivity contribution in [2.75, 3.05) is 39.5 Å². The van der Waals surface area contributed by atoms with Gasteiger partial charge in [-0.15, -0.1) is 0 Å². The monoisotopic (exact) mass is 350 g/mol. The molecule has 0 atom stereocenters. The predicted molar refractivity (Wildman–Crippen MR) is 91.7 cm³/mol. The van der Waals surface area contributed by atoms with Crippen LogP contribution in [0.15, 0.2) is 12.2 Å². The standard InChI is InChI=1S/C16H31NO5S/c1-15(2)16(18)22-13-9-7-5-6-8-11-17(3,4)12-10-14-23(19,20)21/h1,5-14H2,2-4H3/p+1. The maximum Gasteiger partial charge on any atom is 0.333 e. The van der Waals surface area contributed by atoms with Crippen molar-refractivity contribution in [1.29, 1.82) is 0 Å². The smallest absolute Gasteiger partial charge is 0.333 e. The number of quaternary nitrogens is 1. The van der Waals surface area contributed by atoms with Crippen LogP contribution in [-0.4, -0.2) is 63.0 Å². The van der Waals surface area contributed by atoms with Crippen LogP contribution in [0.2, 0.25) is 0 Å². The van der Waals surface area contributed by atoms with Crippen LogP contribution in [0.1, 0.15) is 45.4 Å². The van der Waals surface area contributed by atoms with Crippen LogP contribution >= 0.6 is 0 Å². The van der Waals surface area contributed by atoms with Gasteiger partial charge in [-0.25, -0.2) is 4.79 Å². The lowest BCUT2D eigenvalue weighted by Crippen LogP contribution is -2.41. The summed E-state index contributed by atoms with van der Waals surface area (Å²) in [6.45, 7) is 7.33. The van der Waals surface area contributed by atoms with E-state index in [9.17, 15) is 13.2 Å². The van der Waals surface area contributed by atoms with E-state index in [1.165, 1.54) is 0 Å². The van der Waals surface area contributed by atoms with Crippen molar-refractivity contribution in [2.24, 2.45) is 0 Å². The Kier molecular flexibility index (Phi) is 10.3. The van der Waals surface area contributed by atoms with Gasteiger partial charge in [-0.1, -0.05) is 19.4 Å². The van der Waals surface area contributed by atoms with Gasteiger partial charge in [0.2, 0.25) is 0 Å². The molecule has 0 aliphatic heterocycles. The minimum Gasteiger partial charge on any atom is -0.462 e. The molecule has 7 heteroatoms. The lowest BCUT2D eigenvalue weighted by molar-refractivity contribution is -0.890. The Morgan fingerprint density at radius 1 is 1.04 bits per heavy atom. The van der Waals surface area contributed by atoms with Crippen LogP contribution in [0.5, 0.6) is 0 Å². The molecule has 0 bridgehead atoms. The van der Waals surface area contributed by atoms with E-state index < -0.39 is 10.1 Å². The van der Waals surface area contributed by atoms with Crippen LogP contribution < -0.4 is 0 Å². The Morgan fingerprint density at radius 3 is 2.13 bits per heavy atom. The quantitative estimate of drug-likeness (QED) is 0.181. The summed E-state index contributed by atoms with van der Waals surface area (Å²) in [6.07, 6.45) is 5.64. The zero-order valence-electron chi connectivity index (χ0n) is 14.7. The van der Waals surface area contributed by atoms with Crippen LogP contribution in [0, 0.1) is 0 Å². The molecule has 0 rings (SSSR count). The molecule has 0 saturated heterocycles. The third kappa shape index (κ3) is 14.4. The van der Waals surface area contributed by atoms with Gasteiger partial charge < -0.3 is 9.22 Å². The van der Waals surface area contributed by atoms with Crippen molar-refractivity contribution in [3.63, 3.8) is 0 Å². The molecule has 0 aliphatic rings. The molecule has 0 heterocycles. The minimum absolute atomic E-state index is 0.169. The van der Waals surface area contributed by atoms with Crippen molar-refractivity contribution < 1.29 is 27.0 Å². The second-order valence-electron chi connectivity index (χ2n) is 6.71. The number of esters is 1. The molecule has 0 unspecified atom stereocenters. The molecule has 0 amide bonds. The molecular formula is C16H32NO5S+. The fourth-order valence-corrected chi connectivity index (χ4v) is 2.74. The highest BCUT2D eigenvalue weighted by molar-refractivity contribution is 7.85. The van der Waals surface area contributed by atoms with Gasteiger partial charge in [-0.05, 0) is 26.2 Å². The number of hydrogen-bond acceptors (Lipinski definition) is 4. The summed E-state index contributed by atoms with van der Waals surface area (Å²) in [6, 6.07) is 0. The summed E-state index contributed by atoms with van der Waals surface area (Å²) < 4.78 is 35.9. The third-order valence-electron chi connectivity index (χ3n) is 3.66. The lowest BCUT2D eigenvalue weighted by Gasteiger charge is -2.29. The fraction of sp³-hybridized carbons (Fsp3) is 0.812. The second-order valence-corrected chi connectivity index (χ2v) is 8.28. The highest BCUT2D eigenvalue weighted by Crippen LogP contribution is 2.08. The van der Waals surface area contributed by atoms with Gasteiger partial charge in [0.1, 0.15) is 0 Å². The molecular weight excluding hydrogens is 318 g/mol. The lowest BCUT2D eigenvalue weighted by atomic mass is 10.1. The zero-order valence-corrected chi connectivity index (χ0v) is 15.5. The number of carbonyl (C=O) groups excluding carboxylic acids is 1. The summed E-state index contributed by atoms with van der Waals surface area (Å²) in [5.74, 6) is -0.494. The summed E-state index contributed by atoms with van der Waals surface area (Å²) in [7, 11) is 0.294. The fourth-order valence-electron chi connectivity index (χ4n) is 2.25. The molecule has 0 spiro atoms. The number of carbonyl (C=O) groups is 1. The van der Waals surface area contributed by atoms with Crippen molar-refractivity contribution in [3.05, 3.63) is 12.2 Å². The summed E-state index contributed by atoms with van der Waals surface area (Å²) in [5.41, 5.74) is 0.430. The van der Waals surface area contributed by atoms with Gasteiger partial charge in [0.05, 0.1) is 39.5 Å². The SMILES string of the molecule is C=C(C)C(=O)OCCCCCCC[N+](C)(C)CCCS(=O)(=O)O. The number of nitrogens with zero attached hydrogens (tertiary/aromatic N) is 1. The number of ether oxygens (including phenoxy) is 1. The van der Waals surface area contributed by atoms with Gasteiger partial charge in [-0.3, -0.25) is 4.55 Å². The average molecular weight is 351 g/mol. The van der Waals surface area contributed by atoms with E-state index in [0.29, 0.717) is 18.6 Å². The number of hydrogen-bond donors (Lipinski definition) is 1. The largest absolute Gasteiger partial charge is 0.462 e. The summed E-state index contributed by atoms with van der Waals surface area (Å²) >= 11 is 0. The van der Waals surface area contributed by atoms with Crippen LogP contribution in [0.4, 0.5) is 0 Å². The topological polar surface area (TPSA) is 80.7 Å². The van der Waals surface area contributed by atoms with E-state index in [2.05, 4.69) is 20.7 Å². The number of rotatable bonds is 13. The Bertz CT molecular complexity index is 471. The Morgan fingerprint density at radius 2 is 1.57 bits per heavy atom. The van der Waals surface area contributed by atoms with Crippen molar-refractivity contribution in [1.82, 2.24) is 0 Å². The molecule has 0 aliphatic carbocycles. The third-order valence-corrected chi connectivity index (χ3v) is 4.46. The first-order valence-electron chi connectivity index (χ1n) is 8.13. The molecule has 0 aromatic heterocycles. The molecule has 0 saturated carbocycles. The first-order chi connectivity index (χ1) is 10.5. The van der Waals surface area contributed by atoms with E-state index in [0.717, 1.165) is 49.7 Å². The normalized spacial score (nSPS) is 12.2. The average Bonchev–Trinajstić information content (AvgIpc) is 2.39. The highest BCUT2D eigenvalue weighted by Gasteiger charge is 2.16. The maximum atomic E-state index is 11.2. The van der Waals surface area contributed by atoms with Gasteiger partial charge >= 0.3 is 5.97 Å². The Labute approximate surface area is 140 Å². The first kappa shape index (κ1) is 22.1. The van der Waals surface area contributed by atoms with Gasteiger partial charge in [0, 0.05) is 12.0 Å². The van der Waals surface area contributed by atoms with Gasteiger partial charge in [0.25, 0.3) is 10.1 Å². The van der Waals surface area contributed by atoms with E-state index >= 15 is 0 Å². The van der Waals surface area contributed by atoms with Crippen LogP contribution in [-0.2, 0) is 19.6 Å². The zero-order chi connectivity index (χ0) is 17.9. The molecule has 0 fully saturated rings. The van der Waals surface area contributed by atoms with Gasteiger partial charge in [0.15, 0.2) is 0 Å². The molecule has 0 radical (unpaired) electrons. The van der Waals surface area contributed by atoms with E-state index in [1.54, 1.807) is 6.92 Å². The first-order valence-corrected chi connectivity index (χ1v) is 9.74. The molecule has 1 N–H and O–H groups in total. The summed E-state index contributed by atoms with van der Waals surface area (Å²) in [5, 5.41) is 0. The molecule has 6 nitrogen and oxygen atoms in total. The van der Waals surface area contributed by atoms with E-state index in [-0.39, 0.29) is 11.7 Å². The molecule has 0 aromatic carbocycles. The van der Waals surface area contributed by atoms with Gasteiger partial charge in [-0.2, -0.15) is 8.42 Å². The van der Waals surface area contributed by atoms with Crippen molar-refractivity contribution >= 4 is 16.1 Å². The predicted octanol–water partition coefficient (Wildman–Crippen LogP) is 2.41. The minimum atomic E-state index is -3.85. The molecule has 136 valence electrons. The van der Waals surface area contributed by atoms with Crippen LogP contribution in [0.25, 0.3) is 0 Å². The van der Waals surface area contributed by atoms with E-state index in [1.807, 2.05) is 0 Å². The maximum absolute atomic E-state index is 11.2. The number of unbranched alkanes of at least 4 members (excludes halogenated alkanes) is 4.